The van der Waals surface area contributed by atoms with Crippen molar-refractivity contribution >= 4 is 12.1 Å². The second-order valence-corrected chi connectivity index (χ2v) is 6.05. The second-order valence-electron chi connectivity index (χ2n) is 6.05. The second kappa shape index (κ2) is 5.75. The van der Waals surface area contributed by atoms with E-state index in [9.17, 15) is 27.9 Å². The first-order valence-corrected chi connectivity index (χ1v) is 6.91. The summed E-state index contributed by atoms with van der Waals surface area (Å²) in [7, 11) is 0. The van der Waals surface area contributed by atoms with Crippen LogP contribution in [-0.2, 0) is 11.0 Å². The third kappa shape index (κ3) is 3.57. The lowest BCUT2D eigenvalue weighted by Crippen LogP contribution is -2.50. The van der Waals surface area contributed by atoms with Crippen LogP contribution in [0.15, 0.2) is 24.3 Å². The summed E-state index contributed by atoms with van der Waals surface area (Å²) in [6, 6.07) is 4.41. The van der Waals surface area contributed by atoms with Crippen LogP contribution in [0.1, 0.15) is 30.4 Å². The average molecular weight is 331 g/mol. The largest absolute Gasteiger partial charge is 0.481 e. The Bertz CT molecular complexity index is 614. The number of hydrogen-bond acceptors (Lipinski definition) is 2. The van der Waals surface area contributed by atoms with Gasteiger partial charge in [-0.15, -0.1) is 0 Å². The predicted octanol–water partition coefficient (Wildman–Crippen LogP) is 3.26. The van der Waals surface area contributed by atoms with Crippen LogP contribution in [0, 0.1) is 5.41 Å². The Kier molecular flexibility index (Phi) is 4.28. The molecule has 0 saturated carbocycles. The maximum Gasteiger partial charge on any atom is 0.416 e. The Labute approximate surface area is 130 Å². The van der Waals surface area contributed by atoms with E-state index in [-0.39, 0.29) is 19.5 Å². The number of carbonyl (C=O) groups is 2. The fourth-order valence-electron chi connectivity index (χ4n) is 2.89. The standard InChI is InChI=1S/C15H16F3NO4/c1-14(12(20)21)6-10(7-19(8-14)13(22)23)9-2-4-11(5-3-9)15(16,17)18/h2-5,10H,6-8H2,1H3,(H,20,21)(H,22,23). The minimum absolute atomic E-state index is 0.0591. The number of aliphatic carboxylic acids is 1. The van der Waals surface area contributed by atoms with E-state index in [4.69, 9.17) is 5.11 Å². The molecule has 2 rings (SSSR count). The average Bonchev–Trinajstić information content (AvgIpc) is 2.45. The molecular formula is C15H16F3NO4. The highest BCUT2D eigenvalue weighted by molar-refractivity contribution is 5.76. The number of alkyl halides is 3. The molecule has 2 atom stereocenters. The van der Waals surface area contributed by atoms with Gasteiger partial charge in [-0.3, -0.25) is 4.79 Å². The van der Waals surface area contributed by atoms with Gasteiger partial charge >= 0.3 is 18.2 Å². The monoisotopic (exact) mass is 331 g/mol. The van der Waals surface area contributed by atoms with Crippen molar-refractivity contribution in [1.82, 2.24) is 4.90 Å². The van der Waals surface area contributed by atoms with E-state index in [0.29, 0.717) is 5.56 Å². The SMILES string of the molecule is CC1(C(=O)O)CC(c2ccc(C(F)(F)F)cc2)CN(C(=O)O)C1. The number of amides is 1. The third-order valence-corrected chi connectivity index (χ3v) is 4.17. The van der Waals surface area contributed by atoms with Gasteiger partial charge in [0.1, 0.15) is 0 Å². The zero-order valence-corrected chi connectivity index (χ0v) is 12.3. The maximum atomic E-state index is 12.6. The van der Waals surface area contributed by atoms with E-state index in [0.717, 1.165) is 17.0 Å². The molecule has 1 saturated heterocycles. The quantitative estimate of drug-likeness (QED) is 0.872. The van der Waals surface area contributed by atoms with Gasteiger partial charge in [-0.1, -0.05) is 12.1 Å². The number of piperidine rings is 1. The van der Waals surface area contributed by atoms with Gasteiger partial charge in [0.2, 0.25) is 0 Å². The molecule has 2 N–H and O–H groups in total. The van der Waals surface area contributed by atoms with Crippen LogP contribution < -0.4 is 0 Å². The third-order valence-electron chi connectivity index (χ3n) is 4.17. The highest BCUT2D eigenvalue weighted by atomic mass is 19.4. The molecule has 5 nitrogen and oxygen atoms in total. The molecule has 1 aliphatic heterocycles. The van der Waals surface area contributed by atoms with Crippen molar-refractivity contribution in [2.24, 2.45) is 5.41 Å². The lowest BCUT2D eigenvalue weighted by molar-refractivity contribution is -0.151. The Balaban J connectivity index is 2.30. The van der Waals surface area contributed by atoms with Crippen molar-refractivity contribution in [3.8, 4) is 0 Å². The van der Waals surface area contributed by atoms with Crippen molar-refractivity contribution in [3.05, 3.63) is 35.4 Å². The lowest BCUT2D eigenvalue weighted by Gasteiger charge is -2.40. The molecule has 0 aromatic heterocycles. The van der Waals surface area contributed by atoms with Crippen LogP contribution in [-0.4, -0.2) is 40.3 Å². The van der Waals surface area contributed by atoms with E-state index >= 15 is 0 Å². The van der Waals surface area contributed by atoms with Crippen molar-refractivity contribution in [1.29, 1.82) is 0 Å². The number of carboxylic acids is 1. The fraction of sp³-hybridized carbons (Fsp3) is 0.467. The minimum Gasteiger partial charge on any atom is -0.481 e. The molecule has 23 heavy (non-hydrogen) atoms. The summed E-state index contributed by atoms with van der Waals surface area (Å²) < 4.78 is 37.8. The molecule has 0 aliphatic carbocycles. The molecule has 0 spiro atoms. The number of nitrogens with zero attached hydrogens (tertiary/aromatic N) is 1. The Morgan fingerprint density at radius 1 is 1.22 bits per heavy atom. The molecule has 1 fully saturated rings. The maximum absolute atomic E-state index is 12.6. The van der Waals surface area contributed by atoms with E-state index in [2.05, 4.69) is 0 Å². The topological polar surface area (TPSA) is 77.8 Å². The molecule has 0 bridgehead atoms. The zero-order valence-electron chi connectivity index (χ0n) is 12.3. The fourth-order valence-corrected chi connectivity index (χ4v) is 2.89. The molecule has 1 aliphatic rings. The summed E-state index contributed by atoms with van der Waals surface area (Å²) in [5, 5.41) is 18.5. The lowest BCUT2D eigenvalue weighted by atomic mass is 9.74. The number of rotatable bonds is 2. The van der Waals surface area contributed by atoms with E-state index in [1.54, 1.807) is 0 Å². The summed E-state index contributed by atoms with van der Waals surface area (Å²) in [5.41, 5.74) is -1.58. The van der Waals surface area contributed by atoms with Gasteiger partial charge < -0.3 is 15.1 Å². The Hall–Kier alpha value is -2.25. The highest BCUT2D eigenvalue weighted by Gasteiger charge is 2.44. The number of hydrogen-bond donors (Lipinski definition) is 2. The number of benzene rings is 1. The molecular weight excluding hydrogens is 315 g/mol. The summed E-state index contributed by atoms with van der Waals surface area (Å²) in [6.07, 6.45) is -5.53. The summed E-state index contributed by atoms with van der Waals surface area (Å²) >= 11 is 0. The van der Waals surface area contributed by atoms with Crippen LogP contribution in [0.3, 0.4) is 0 Å². The van der Waals surface area contributed by atoms with Crippen LogP contribution in [0.2, 0.25) is 0 Å². The van der Waals surface area contributed by atoms with Gasteiger partial charge in [-0.05, 0) is 31.0 Å². The zero-order chi connectivity index (χ0) is 17.4. The Morgan fingerprint density at radius 2 is 1.78 bits per heavy atom. The molecule has 1 amide bonds. The van der Waals surface area contributed by atoms with Gasteiger partial charge in [0.15, 0.2) is 0 Å². The smallest absolute Gasteiger partial charge is 0.416 e. The molecule has 0 radical (unpaired) electrons. The van der Waals surface area contributed by atoms with Gasteiger partial charge in [0.25, 0.3) is 0 Å². The van der Waals surface area contributed by atoms with Gasteiger partial charge in [0.05, 0.1) is 11.0 Å². The van der Waals surface area contributed by atoms with Crippen LogP contribution in [0.5, 0.6) is 0 Å². The minimum atomic E-state index is -4.45. The van der Waals surface area contributed by atoms with Crippen LogP contribution in [0.25, 0.3) is 0 Å². The molecule has 1 heterocycles. The van der Waals surface area contributed by atoms with Crippen molar-refractivity contribution in [3.63, 3.8) is 0 Å². The number of carboxylic acid groups (broad SMARTS) is 2. The summed E-state index contributed by atoms with van der Waals surface area (Å²) in [6.45, 7) is 1.36. The summed E-state index contributed by atoms with van der Waals surface area (Å²) in [5.74, 6) is -1.59. The highest BCUT2D eigenvalue weighted by Crippen LogP contribution is 2.39. The van der Waals surface area contributed by atoms with E-state index in [1.807, 2.05) is 0 Å². The number of likely N-dealkylation sites (tertiary alicyclic amines) is 1. The molecule has 2 unspecified atom stereocenters. The predicted molar refractivity (Wildman–Crippen MR) is 74.1 cm³/mol. The molecule has 1 aromatic rings. The van der Waals surface area contributed by atoms with Gasteiger partial charge in [0, 0.05) is 19.0 Å². The van der Waals surface area contributed by atoms with E-state index in [1.165, 1.54) is 19.1 Å². The first-order valence-electron chi connectivity index (χ1n) is 6.91. The molecule has 8 heteroatoms. The molecule has 1 aromatic carbocycles. The van der Waals surface area contributed by atoms with Crippen molar-refractivity contribution in [2.45, 2.75) is 25.4 Å². The van der Waals surface area contributed by atoms with Crippen molar-refractivity contribution < 1.29 is 33.0 Å². The number of halogens is 3. The van der Waals surface area contributed by atoms with Crippen LogP contribution >= 0.6 is 0 Å². The summed E-state index contributed by atoms with van der Waals surface area (Å²) in [4.78, 5) is 23.6. The normalized spacial score (nSPS) is 25.2. The van der Waals surface area contributed by atoms with Gasteiger partial charge in [-0.25, -0.2) is 4.79 Å². The first-order chi connectivity index (χ1) is 10.5. The molecule has 126 valence electrons. The van der Waals surface area contributed by atoms with Crippen molar-refractivity contribution in [2.75, 3.05) is 13.1 Å². The van der Waals surface area contributed by atoms with Crippen LogP contribution in [0.4, 0.5) is 18.0 Å². The Morgan fingerprint density at radius 3 is 2.22 bits per heavy atom. The van der Waals surface area contributed by atoms with E-state index < -0.39 is 35.1 Å². The van der Waals surface area contributed by atoms with Gasteiger partial charge in [-0.2, -0.15) is 13.2 Å². The first kappa shape index (κ1) is 17.1.